The first kappa shape index (κ1) is 19.0. The van der Waals surface area contributed by atoms with Crippen LogP contribution in [0.2, 0.25) is 0 Å². The number of rotatable bonds is 4. The van der Waals surface area contributed by atoms with Gasteiger partial charge in [0.2, 0.25) is 0 Å². The smallest absolute Gasteiger partial charge is 0.284 e. The number of furan rings is 1. The third kappa shape index (κ3) is 4.49. The molecule has 1 saturated heterocycles. The van der Waals surface area contributed by atoms with E-state index in [0.717, 1.165) is 12.5 Å². The van der Waals surface area contributed by atoms with Crippen LogP contribution in [0, 0.1) is 13.8 Å². The van der Waals surface area contributed by atoms with Crippen LogP contribution in [0.3, 0.4) is 0 Å². The van der Waals surface area contributed by atoms with Gasteiger partial charge in [-0.05, 0) is 37.1 Å². The Balaban J connectivity index is 1.65. The number of nitrogens with two attached hydrogens (primary N) is 1. The van der Waals surface area contributed by atoms with Crippen molar-refractivity contribution in [2.45, 2.75) is 26.5 Å². The topological polar surface area (TPSA) is 93.1 Å². The van der Waals surface area contributed by atoms with Gasteiger partial charge in [-0.1, -0.05) is 23.8 Å². The Morgan fingerprint density at radius 2 is 2.15 bits per heavy atom. The molecule has 2 aromatic rings. The van der Waals surface area contributed by atoms with E-state index < -0.39 is 5.91 Å². The van der Waals surface area contributed by atoms with E-state index in [1.165, 1.54) is 16.7 Å². The van der Waals surface area contributed by atoms with Gasteiger partial charge in [0, 0.05) is 13.6 Å². The number of hydrogen-bond donors (Lipinski definition) is 2. The van der Waals surface area contributed by atoms with E-state index in [4.69, 9.17) is 14.9 Å². The summed E-state index contributed by atoms with van der Waals surface area (Å²) in [4.78, 5) is 17.7. The maximum absolute atomic E-state index is 11.1. The Hall–Kier alpha value is -2.80. The maximum atomic E-state index is 11.1. The van der Waals surface area contributed by atoms with Crippen LogP contribution in [0.25, 0.3) is 0 Å². The highest BCUT2D eigenvalue weighted by Gasteiger charge is 2.25. The van der Waals surface area contributed by atoms with Crippen molar-refractivity contribution < 1.29 is 13.9 Å². The van der Waals surface area contributed by atoms with Crippen molar-refractivity contribution in [1.29, 1.82) is 0 Å². The minimum absolute atomic E-state index is 0.00276. The van der Waals surface area contributed by atoms with Crippen LogP contribution in [-0.2, 0) is 11.3 Å². The first-order valence-corrected chi connectivity index (χ1v) is 9.01. The highest BCUT2D eigenvalue weighted by Crippen LogP contribution is 2.26. The summed E-state index contributed by atoms with van der Waals surface area (Å²) in [7, 11) is 1.75. The number of carbonyl (C=O) groups is 1. The molecule has 1 aliphatic rings. The molecular weight excluding hydrogens is 344 g/mol. The standard InChI is InChI=1S/C20H26N4O3/c1-13-4-6-16(14(2)10-13)18-12-24(8-9-26-18)20(22-3)23-11-15-5-7-17(27-15)19(21)25/h4-7,10,18H,8-9,11-12H2,1-3H3,(H2,21,25)(H,22,23). The quantitative estimate of drug-likeness (QED) is 0.635. The van der Waals surface area contributed by atoms with Gasteiger partial charge in [-0.25, -0.2) is 0 Å². The van der Waals surface area contributed by atoms with Crippen molar-refractivity contribution in [2.24, 2.45) is 10.7 Å². The van der Waals surface area contributed by atoms with Gasteiger partial charge in [-0.15, -0.1) is 0 Å². The Kier molecular flexibility index (Phi) is 5.81. The molecule has 1 aromatic heterocycles. The van der Waals surface area contributed by atoms with Crippen molar-refractivity contribution in [2.75, 3.05) is 26.7 Å². The van der Waals surface area contributed by atoms with Gasteiger partial charge in [0.25, 0.3) is 5.91 Å². The molecule has 0 aliphatic carbocycles. The van der Waals surface area contributed by atoms with E-state index in [2.05, 4.69) is 47.3 Å². The number of hydrogen-bond acceptors (Lipinski definition) is 4. The lowest BCUT2D eigenvalue weighted by atomic mass is 10.00. The number of aryl methyl sites for hydroxylation is 2. The van der Waals surface area contributed by atoms with E-state index in [1.807, 2.05) is 0 Å². The summed E-state index contributed by atoms with van der Waals surface area (Å²) in [6.07, 6.45) is 0.00276. The minimum atomic E-state index is -0.574. The molecule has 1 unspecified atom stereocenters. The lowest BCUT2D eigenvalue weighted by Gasteiger charge is -2.35. The first-order valence-electron chi connectivity index (χ1n) is 9.01. The molecule has 27 heavy (non-hydrogen) atoms. The minimum Gasteiger partial charge on any atom is -0.454 e. The van der Waals surface area contributed by atoms with E-state index in [0.29, 0.717) is 25.5 Å². The molecule has 144 valence electrons. The molecule has 7 heteroatoms. The highest BCUT2D eigenvalue weighted by molar-refractivity contribution is 5.89. The molecule has 1 amide bonds. The summed E-state index contributed by atoms with van der Waals surface area (Å²) in [5.74, 6) is 0.979. The molecule has 1 atom stereocenters. The number of benzene rings is 1. The lowest BCUT2D eigenvalue weighted by molar-refractivity contribution is -0.00837. The molecule has 1 aromatic carbocycles. The Labute approximate surface area is 159 Å². The second-order valence-electron chi connectivity index (χ2n) is 6.70. The van der Waals surface area contributed by atoms with Crippen molar-refractivity contribution in [3.63, 3.8) is 0 Å². The zero-order valence-corrected chi connectivity index (χ0v) is 16.0. The molecule has 3 N–H and O–H groups in total. The molecule has 2 heterocycles. The summed E-state index contributed by atoms with van der Waals surface area (Å²) in [5.41, 5.74) is 8.91. The number of primary amides is 1. The Morgan fingerprint density at radius 3 is 2.81 bits per heavy atom. The summed E-state index contributed by atoms with van der Waals surface area (Å²) in [6, 6.07) is 9.75. The number of ether oxygens (including phenoxy) is 1. The van der Waals surface area contributed by atoms with Crippen molar-refractivity contribution in [1.82, 2.24) is 10.2 Å². The third-order valence-corrected chi connectivity index (χ3v) is 4.68. The van der Waals surface area contributed by atoms with Gasteiger partial charge in [0.15, 0.2) is 11.7 Å². The average molecular weight is 370 g/mol. The van der Waals surface area contributed by atoms with E-state index in [1.54, 1.807) is 19.2 Å². The third-order valence-electron chi connectivity index (χ3n) is 4.68. The van der Waals surface area contributed by atoms with Gasteiger partial charge in [0.1, 0.15) is 11.9 Å². The summed E-state index contributed by atoms with van der Waals surface area (Å²) >= 11 is 0. The van der Waals surface area contributed by atoms with Crippen molar-refractivity contribution in [3.8, 4) is 0 Å². The number of nitrogens with one attached hydrogen (secondary N) is 1. The SMILES string of the molecule is CN=C(NCc1ccc(C(N)=O)o1)N1CCOC(c2ccc(C)cc2C)C1. The van der Waals surface area contributed by atoms with Crippen LogP contribution in [0.15, 0.2) is 39.7 Å². The fraction of sp³-hybridized carbons (Fsp3) is 0.400. The van der Waals surface area contributed by atoms with Gasteiger partial charge in [0.05, 0.1) is 19.7 Å². The molecule has 0 radical (unpaired) electrons. The van der Waals surface area contributed by atoms with E-state index in [9.17, 15) is 4.79 Å². The molecule has 1 fully saturated rings. The summed E-state index contributed by atoms with van der Waals surface area (Å²) < 4.78 is 11.4. The monoisotopic (exact) mass is 370 g/mol. The number of aliphatic imine (C=N–C) groups is 1. The number of morpholine rings is 1. The highest BCUT2D eigenvalue weighted by atomic mass is 16.5. The van der Waals surface area contributed by atoms with Crippen LogP contribution in [0.1, 0.15) is 39.1 Å². The zero-order chi connectivity index (χ0) is 19.4. The number of guanidine groups is 1. The predicted octanol–water partition coefficient (Wildman–Crippen LogP) is 2.14. The summed E-state index contributed by atoms with van der Waals surface area (Å²) in [5, 5.41) is 3.28. The number of amides is 1. The first-order chi connectivity index (χ1) is 13.0. The normalized spacial score (nSPS) is 17.8. The van der Waals surface area contributed by atoms with Crippen LogP contribution in [0.5, 0.6) is 0 Å². The second-order valence-corrected chi connectivity index (χ2v) is 6.70. The lowest BCUT2D eigenvalue weighted by Crippen LogP contribution is -2.48. The largest absolute Gasteiger partial charge is 0.454 e. The zero-order valence-electron chi connectivity index (χ0n) is 16.0. The van der Waals surface area contributed by atoms with Crippen LogP contribution >= 0.6 is 0 Å². The van der Waals surface area contributed by atoms with Gasteiger partial charge in [-0.3, -0.25) is 9.79 Å². The van der Waals surface area contributed by atoms with E-state index in [-0.39, 0.29) is 11.9 Å². The van der Waals surface area contributed by atoms with Gasteiger partial charge >= 0.3 is 0 Å². The van der Waals surface area contributed by atoms with Gasteiger partial charge in [-0.2, -0.15) is 0 Å². The molecule has 3 rings (SSSR count). The van der Waals surface area contributed by atoms with Gasteiger partial charge < -0.3 is 25.1 Å². The number of nitrogens with zero attached hydrogens (tertiary/aromatic N) is 2. The van der Waals surface area contributed by atoms with E-state index >= 15 is 0 Å². The number of carbonyl (C=O) groups excluding carboxylic acids is 1. The maximum Gasteiger partial charge on any atom is 0.284 e. The molecule has 1 aliphatic heterocycles. The molecule has 0 spiro atoms. The summed E-state index contributed by atoms with van der Waals surface area (Å²) in [6.45, 7) is 6.73. The van der Waals surface area contributed by atoms with Crippen LogP contribution in [-0.4, -0.2) is 43.5 Å². The molecule has 0 bridgehead atoms. The fourth-order valence-corrected chi connectivity index (χ4v) is 3.32. The Morgan fingerprint density at radius 1 is 1.33 bits per heavy atom. The van der Waals surface area contributed by atoms with Crippen molar-refractivity contribution >= 4 is 11.9 Å². The Bertz CT molecular complexity index is 844. The van der Waals surface area contributed by atoms with Crippen molar-refractivity contribution in [3.05, 3.63) is 58.5 Å². The second kappa shape index (κ2) is 8.26. The molecule has 0 saturated carbocycles. The molecule has 7 nitrogen and oxygen atoms in total. The van der Waals surface area contributed by atoms with Crippen LogP contribution in [0.4, 0.5) is 0 Å². The fourth-order valence-electron chi connectivity index (χ4n) is 3.32. The predicted molar refractivity (Wildman–Crippen MR) is 104 cm³/mol. The van der Waals surface area contributed by atoms with Crippen LogP contribution < -0.4 is 11.1 Å². The molecular formula is C20H26N4O3. The average Bonchev–Trinajstić information content (AvgIpc) is 3.12.